The van der Waals surface area contributed by atoms with Crippen LogP contribution in [0.25, 0.3) is 0 Å². The van der Waals surface area contributed by atoms with Crippen LogP contribution in [0.2, 0.25) is 0 Å². The van der Waals surface area contributed by atoms with Crippen molar-refractivity contribution in [1.29, 1.82) is 0 Å². The van der Waals surface area contributed by atoms with Crippen LogP contribution >= 0.6 is 0 Å². The summed E-state index contributed by atoms with van der Waals surface area (Å²) >= 11 is 0. The summed E-state index contributed by atoms with van der Waals surface area (Å²) in [6.07, 6.45) is 11.3. The molecule has 2 saturated carbocycles. The van der Waals surface area contributed by atoms with Gasteiger partial charge in [0.05, 0.1) is 25.4 Å². The van der Waals surface area contributed by atoms with Crippen LogP contribution < -0.4 is 0 Å². The quantitative estimate of drug-likeness (QED) is 0.565. The molecule has 0 N–H and O–H groups in total. The molecule has 4 rings (SSSR count). The minimum Gasteiger partial charge on any atom is -0.369 e. The third kappa shape index (κ3) is 1.68. The Morgan fingerprint density at radius 3 is 2.74 bits per heavy atom. The van der Waals surface area contributed by atoms with Gasteiger partial charge in [0.25, 0.3) is 0 Å². The van der Waals surface area contributed by atoms with Gasteiger partial charge in [-0.3, -0.25) is 0 Å². The fraction of sp³-hybridized carbons (Fsp3) is 1.00. The van der Waals surface area contributed by atoms with Gasteiger partial charge in [-0.1, -0.05) is 32.6 Å². The first-order valence-corrected chi connectivity index (χ1v) is 8.25. The summed E-state index contributed by atoms with van der Waals surface area (Å²) in [5, 5.41) is 0. The SMILES string of the molecule is CCCCCCC12CCC3OC3C1CC21OCCO1. The minimum absolute atomic E-state index is 0.221. The molecule has 0 bridgehead atoms. The fourth-order valence-corrected chi connectivity index (χ4v) is 5.02. The molecule has 2 heterocycles. The highest BCUT2D eigenvalue weighted by Crippen LogP contribution is 2.70. The molecule has 3 heteroatoms. The molecule has 0 radical (unpaired) electrons. The van der Waals surface area contributed by atoms with Gasteiger partial charge in [-0.25, -0.2) is 0 Å². The van der Waals surface area contributed by atoms with Gasteiger partial charge < -0.3 is 14.2 Å². The molecule has 0 aromatic heterocycles. The van der Waals surface area contributed by atoms with Gasteiger partial charge in [0, 0.05) is 17.8 Å². The molecule has 4 unspecified atom stereocenters. The highest BCUT2D eigenvalue weighted by Gasteiger charge is 2.75. The lowest BCUT2D eigenvalue weighted by molar-refractivity contribution is -0.339. The van der Waals surface area contributed by atoms with Gasteiger partial charge >= 0.3 is 0 Å². The monoisotopic (exact) mass is 266 g/mol. The van der Waals surface area contributed by atoms with E-state index in [0.717, 1.165) is 19.6 Å². The summed E-state index contributed by atoms with van der Waals surface area (Å²) in [4.78, 5) is 0. The summed E-state index contributed by atoms with van der Waals surface area (Å²) in [7, 11) is 0. The maximum absolute atomic E-state index is 6.10. The van der Waals surface area contributed by atoms with E-state index in [0.29, 0.717) is 18.1 Å². The second-order valence-electron chi connectivity index (χ2n) is 6.91. The molecule has 2 aliphatic carbocycles. The predicted octanol–water partition coefficient (Wildman–Crippen LogP) is 3.27. The Bertz CT molecular complexity index is 350. The lowest BCUT2D eigenvalue weighted by Gasteiger charge is -2.62. The van der Waals surface area contributed by atoms with E-state index < -0.39 is 0 Å². The van der Waals surface area contributed by atoms with Crippen molar-refractivity contribution in [3.8, 4) is 0 Å². The predicted molar refractivity (Wildman–Crippen MR) is 71.8 cm³/mol. The number of epoxide rings is 1. The third-order valence-electron chi connectivity index (χ3n) is 6.08. The standard InChI is InChI=1S/C16H26O3/c1-2-3-4-5-7-15-8-6-13-14(19-13)12(15)11-16(15)17-9-10-18-16/h12-14H,2-11H2,1H3. The van der Waals surface area contributed by atoms with Gasteiger partial charge in [-0.15, -0.1) is 0 Å². The van der Waals surface area contributed by atoms with E-state index in [2.05, 4.69) is 6.92 Å². The lowest BCUT2D eigenvalue weighted by atomic mass is 9.48. The third-order valence-corrected chi connectivity index (χ3v) is 6.08. The Morgan fingerprint density at radius 2 is 1.95 bits per heavy atom. The van der Waals surface area contributed by atoms with Crippen molar-refractivity contribution in [2.75, 3.05) is 13.2 Å². The summed E-state index contributed by atoms with van der Waals surface area (Å²) in [6.45, 7) is 3.86. The van der Waals surface area contributed by atoms with Crippen molar-refractivity contribution in [2.24, 2.45) is 11.3 Å². The van der Waals surface area contributed by atoms with Gasteiger partial charge in [0.2, 0.25) is 0 Å². The topological polar surface area (TPSA) is 31.0 Å². The van der Waals surface area contributed by atoms with Gasteiger partial charge in [-0.05, 0) is 19.3 Å². The zero-order valence-corrected chi connectivity index (χ0v) is 12.0. The number of unbranched alkanes of at least 4 members (excludes halogenated alkanes) is 3. The highest BCUT2D eigenvalue weighted by atomic mass is 16.7. The summed E-state index contributed by atoms with van der Waals surface area (Å²) in [6, 6.07) is 0. The molecule has 1 spiro atoms. The highest BCUT2D eigenvalue weighted by molar-refractivity contribution is 5.19. The Kier molecular flexibility index (Phi) is 2.95. The molecule has 0 amide bonds. The molecule has 19 heavy (non-hydrogen) atoms. The maximum atomic E-state index is 6.10. The molecular weight excluding hydrogens is 240 g/mol. The summed E-state index contributed by atoms with van der Waals surface area (Å²) in [5.41, 5.74) is 0.287. The fourth-order valence-electron chi connectivity index (χ4n) is 5.02. The Hall–Kier alpha value is -0.120. The van der Waals surface area contributed by atoms with Crippen molar-refractivity contribution >= 4 is 0 Å². The largest absolute Gasteiger partial charge is 0.369 e. The Balaban J connectivity index is 1.49. The van der Waals surface area contributed by atoms with Crippen LogP contribution in [-0.4, -0.2) is 31.2 Å². The Labute approximate surface area is 116 Å². The van der Waals surface area contributed by atoms with E-state index >= 15 is 0 Å². The Morgan fingerprint density at radius 1 is 1.11 bits per heavy atom. The van der Waals surface area contributed by atoms with Crippen LogP contribution in [0.3, 0.4) is 0 Å². The lowest BCUT2D eigenvalue weighted by Crippen LogP contribution is -2.67. The van der Waals surface area contributed by atoms with Crippen molar-refractivity contribution < 1.29 is 14.2 Å². The normalized spacial score (nSPS) is 45.6. The number of hydrogen-bond acceptors (Lipinski definition) is 3. The van der Waals surface area contributed by atoms with E-state index in [4.69, 9.17) is 14.2 Å². The molecule has 4 fully saturated rings. The van der Waals surface area contributed by atoms with Crippen molar-refractivity contribution in [3.05, 3.63) is 0 Å². The molecule has 2 saturated heterocycles. The van der Waals surface area contributed by atoms with Crippen LogP contribution in [0.1, 0.15) is 58.3 Å². The summed E-state index contributed by atoms with van der Waals surface area (Å²) in [5.74, 6) is 0.492. The molecule has 108 valence electrons. The number of rotatable bonds is 5. The summed E-state index contributed by atoms with van der Waals surface area (Å²) < 4.78 is 18.0. The first kappa shape index (κ1) is 12.6. The average molecular weight is 266 g/mol. The van der Waals surface area contributed by atoms with E-state index in [-0.39, 0.29) is 11.2 Å². The van der Waals surface area contributed by atoms with Crippen molar-refractivity contribution in [2.45, 2.75) is 76.3 Å². The van der Waals surface area contributed by atoms with Gasteiger partial charge in [-0.2, -0.15) is 0 Å². The minimum atomic E-state index is -0.221. The van der Waals surface area contributed by atoms with Crippen LogP contribution in [0.5, 0.6) is 0 Å². The van der Waals surface area contributed by atoms with Crippen molar-refractivity contribution in [1.82, 2.24) is 0 Å². The number of fused-ring (bicyclic) bond motifs is 4. The van der Waals surface area contributed by atoms with E-state index in [1.807, 2.05) is 0 Å². The first-order chi connectivity index (χ1) is 9.31. The number of hydrogen-bond donors (Lipinski definition) is 0. The van der Waals surface area contributed by atoms with Crippen LogP contribution in [0.4, 0.5) is 0 Å². The zero-order chi connectivity index (χ0) is 12.9. The molecule has 0 aromatic carbocycles. The van der Waals surface area contributed by atoms with Crippen molar-refractivity contribution in [3.63, 3.8) is 0 Å². The maximum Gasteiger partial charge on any atom is 0.174 e. The molecule has 2 aliphatic heterocycles. The van der Waals surface area contributed by atoms with E-state index in [1.165, 1.54) is 44.9 Å². The zero-order valence-electron chi connectivity index (χ0n) is 12.0. The van der Waals surface area contributed by atoms with Crippen LogP contribution in [0.15, 0.2) is 0 Å². The molecule has 3 nitrogen and oxygen atoms in total. The van der Waals surface area contributed by atoms with E-state index in [9.17, 15) is 0 Å². The van der Waals surface area contributed by atoms with Crippen LogP contribution in [0, 0.1) is 11.3 Å². The smallest absolute Gasteiger partial charge is 0.174 e. The van der Waals surface area contributed by atoms with E-state index in [1.54, 1.807) is 0 Å². The molecule has 4 atom stereocenters. The number of ether oxygens (including phenoxy) is 3. The second-order valence-corrected chi connectivity index (χ2v) is 6.91. The molecular formula is C16H26O3. The first-order valence-electron chi connectivity index (χ1n) is 8.25. The van der Waals surface area contributed by atoms with Gasteiger partial charge in [0.15, 0.2) is 5.79 Å². The molecule has 0 aromatic rings. The second kappa shape index (κ2) is 4.44. The molecule has 4 aliphatic rings. The van der Waals surface area contributed by atoms with Gasteiger partial charge in [0.1, 0.15) is 0 Å². The average Bonchev–Trinajstić information content (AvgIpc) is 3.00. The van der Waals surface area contributed by atoms with Crippen LogP contribution in [-0.2, 0) is 14.2 Å².